The van der Waals surface area contributed by atoms with E-state index in [1.165, 1.54) is 11.1 Å². The number of hydrogen-bond acceptors (Lipinski definition) is 5. The van der Waals surface area contributed by atoms with Crippen molar-refractivity contribution in [3.63, 3.8) is 0 Å². The molecule has 0 radical (unpaired) electrons. The van der Waals surface area contributed by atoms with Gasteiger partial charge in [-0.05, 0) is 30.2 Å². The fourth-order valence-electron chi connectivity index (χ4n) is 4.62. The summed E-state index contributed by atoms with van der Waals surface area (Å²) in [5.74, 6) is 1.10. The zero-order valence-electron chi connectivity index (χ0n) is 18.6. The number of ether oxygens (including phenoxy) is 2. The second kappa shape index (κ2) is 10.3. The first-order valence-electron chi connectivity index (χ1n) is 11.2. The van der Waals surface area contributed by atoms with Crippen molar-refractivity contribution in [2.45, 2.75) is 19.0 Å². The van der Waals surface area contributed by atoms with E-state index < -0.39 is 0 Å². The first-order valence-corrected chi connectivity index (χ1v) is 11.2. The van der Waals surface area contributed by atoms with Gasteiger partial charge in [0.25, 0.3) is 0 Å². The lowest BCUT2D eigenvalue weighted by Crippen LogP contribution is -2.56. The number of hydrogen-bond donors (Lipinski definition) is 0. The van der Waals surface area contributed by atoms with Crippen molar-refractivity contribution in [3.8, 4) is 5.75 Å². The molecule has 0 spiro atoms. The number of carbonyl (C=O) groups is 1. The molecular formula is C25H33N3O3. The van der Waals surface area contributed by atoms with Gasteiger partial charge in [-0.15, -0.1) is 0 Å². The quantitative estimate of drug-likeness (QED) is 0.715. The Kier molecular flexibility index (Phi) is 7.22. The highest BCUT2D eigenvalue weighted by molar-refractivity contribution is 5.81. The van der Waals surface area contributed by atoms with E-state index in [1.807, 2.05) is 24.0 Å². The van der Waals surface area contributed by atoms with Crippen LogP contribution in [0.2, 0.25) is 0 Å². The van der Waals surface area contributed by atoms with Crippen LogP contribution >= 0.6 is 0 Å². The first-order chi connectivity index (χ1) is 15.2. The van der Waals surface area contributed by atoms with Gasteiger partial charge in [0.1, 0.15) is 5.75 Å². The Balaban J connectivity index is 1.45. The highest BCUT2D eigenvalue weighted by Crippen LogP contribution is 2.30. The minimum atomic E-state index is -0.0815. The molecule has 4 rings (SSSR count). The molecular weight excluding hydrogens is 390 g/mol. The van der Waals surface area contributed by atoms with Crippen molar-refractivity contribution in [1.82, 2.24) is 14.7 Å². The maximum Gasteiger partial charge on any atom is 0.239 e. The monoisotopic (exact) mass is 423 g/mol. The standard InChI is InChI=1S/C25H33N3O3/c1-20(26-16-18-31-19-17-26)25(29)28-14-12-27(13-15-28)24(21-6-4-3-5-7-21)22-8-10-23(30-2)11-9-22/h3-11,20,24H,12-19H2,1-2H3/t20-,24-/m0/s1. The van der Waals surface area contributed by atoms with Gasteiger partial charge in [0, 0.05) is 39.3 Å². The van der Waals surface area contributed by atoms with Gasteiger partial charge in [-0.1, -0.05) is 42.5 Å². The van der Waals surface area contributed by atoms with Crippen LogP contribution in [0.5, 0.6) is 5.75 Å². The number of carbonyl (C=O) groups excluding carboxylic acids is 1. The lowest BCUT2D eigenvalue weighted by atomic mass is 9.96. The Morgan fingerprint density at radius 1 is 0.839 bits per heavy atom. The summed E-state index contributed by atoms with van der Waals surface area (Å²) in [7, 11) is 1.69. The van der Waals surface area contributed by atoms with Crippen LogP contribution in [0.25, 0.3) is 0 Å². The zero-order valence-corrected chi connectivity index (χ0v) is 18.6. The van der Waals surface area contributed by atoms with Crippen molar-refractivity contribution < 1.29 is 14.3 Å². The largest absolute Gasteiger partial charge is 0.497 e. The first kappa shape index (κ1) is 21.8. The fraction of sp³-hybridized carbons (Fsp3) is 0.480. The molecule has 2 heterocycles. The summed E-state index contributed by atoms with van der Waals surface area (Å²) in [6, 6.07) is 19.0. The van der Waals surface area contributed by atoms with E-state index in [1.54, 1.807) is 7.11 Å². The molecule has 1 amide bonds. The Morgan fingerprint density at radius 3 is 2.06 bits per heavy atom. The Morgan fingerprint density at radius 2 is 1.45 bits per heavy atom. The van der Waals surface area contributed by atoms with Crippen molar-refractivity contribution in [1.29, 1.82) is 0 Å². The number of methoxy groups -OCH3 is 1. The minimum Gasteiger partial charge on any atom is -0.497 e. The summed E-state index contributed by atoms with van der Waals surface area (Å²) >= 11 is 0. The normalized spacial score (nSPS) is 20.3. The maximum atomic E-state index is 13.1. The molecule has 0 aliphatic carbocycles. The predicted octanol–water partition coefficient (Wildman–Crippen LogP) is 2.65. The maximum absolute atomic E-state index is 13.1. The number of morpholine rings is 1. The SMILES string of the molecule is COc1ccc([C@H](c2ccccc2)N2CCN(C(=O)[C@H](C)N3CCOCC3)CC2)cc1. The predicted molar refractivity (Wildman–Crippen MR) is 121 cm³/mol. The molecule has 0 saturated carbocycles. The third-order valence-corrected chi connectivity index (χ3v) is 6.49. The van der Waals surface area contributed by atoms with Crippen molar-refractivity contribution in [2.24, 2.45) is 0 Å². The molecule has 2 aliphatic heterocycles. The molecule has 31 heavy (non-hydrogen) atoms. The van der Waals surface area contributed by atoms with Gasteiger partial charge in [0.2, 0.25) is 5.91 Å². The van der Waals surface area contributed by atoms with Gasteiger partial charge < -0.3 is 14.4 Å². The van der Waals surface area contributed by atoms with Crippen molar-refractivity contribution in [2.75, 3.05) is 59.6 Å². The Hall–Kier alpha value is -2.41. The summed E-state index contributed by atoms with van der Waals surface area (Å²) in [6.45, 7) is 8.35. The topological polar surface area (TPSA) is 45.2 Å². The molecule has 2 atom stereocenters. The highest BCUT2D eigenvalue weighted by Gasteiger charge is 2.32. The third-order valence-electron chi connectivity index (χ3n) is 6.49. The molecule has 2 aromatic carbocycles. The van der Waals surface area contributed by atoms with Gasteiger partial charge in [0.15, 0.2) is 0 Å². The van der Waals surface area contributed by atoms with Crippen LogP contribution in [0.1, 0.15) is 24.1 Å². The average molecular weight is 424 g/mol. The van der Waals surface area contributed by atoms with Crippen LogP contribution in [0.3, 0.4) is 0 Å². The Bertz CT molecular complexity index is 829. The number of nitrogens with zero attached hydrogens (tertiary/aromatic N) is 3. The van der Waals surface area contributed by atoms with Crippen LogP contribution in [0.4, 0.5) is 0 Å². The summed E-state index contributed by atoms with van der Waals surface area (Å²) in [5, 5.41) is 0. The van der Waals surface area contributed by atoms with Gasteiger partial charge in [-0.2, -0.15) is 0 Å². The van der Waals surface area contributed by atoms with Crippen LogP contribution in [0, 0.1) is 0 Å². The van der Waals surface area contributed by atoms with Crippen LogP contribution in [-0.2, 0) is 9.53 Å². The molecule has 2 aliphatic rings. The number of rotatable bonds is 6. The van der Waals surface area contributed by atoms with Crippen LogP contribution in [0.15, 0.2) is 54.6 Å². The van der Waals surface area contributed by atoms with Crippen LogP contribution < -0.4 is 4.74 Å². The molecule has 0 bridgehead atoms. The number of amides is 1. The highest BCUT2D eigenvalue weighted by atomic mass is 16.5. The number of piperazine rings is 1. The summed E-state index contributed by atoms with van der Waals surface area (Å²) in [6.07, 6.45) is 0. The molecule has 2 saturated heterocycles. The van der Waals surface area contributed by atoms with Gasteiger partial charge in [0.05, 0.1) is 32.4 Å². The molecule has 0 aromatic heterocycles. The molecule has 0 N–H and O–H groups in total. The van der Waals surface area contributed by atoms with Crippen LogP contribution in [-0.4, -0.2) is 86.2 Å². The molecule has 166 valence electrons. The molecule has 2 aromatic rings. The van der Waals surface area contributed by atoms with Gasteiger partial charge in [-0.25, -0.2) is 0 Å². The van der Waals surface area contributed by atoms with E-state index in [-0.39, 0.29) is 18.0 Å². The van der Waals surface area contributed by atoms with E-state index in [9.17, 15) is 4.79 Å². The lowest BCUT2D eigenvalue weighted by molar-refractivity contribution is -0.140. The zero-order chi connectivity index (χ0) is 21.6. The fourth-order valence-corrected chi connectivity index (χ4v) is 4.62. The molecule has 6 nitrogen and oxygen atoms in total. The second-order valence-corrected chi connectivity index (χ2v) is 8.27. The summed E-state index contributed by atoms with van der Waals surface area (Å²) in [5.41, 5.74) is 2.52. The minimum absolute atomic E-state index is 0.0815. The average Bonchev–Trinajstić information content (AvgIpc) is 2.85. The smallest absolute Gasteiger partial charge is 0.239 e. The van der Waals surface area contributed by atoms with E-state index >= 15 is 0 Å². The summed E-state index contributed by atoms with van der Waals surface area (Å²) in [4.78, 5) is 19.9. The van der Waals surface area contributed by atoms with Crippen molar-refractivity contribution >= 4 is 5.91 Å². The van der Waals surface area contributed by atoms with Gasteiger partial charge in [-0.3, -0.25) is 14.6 Å². The second-order valence-electron chi connectivity index (χ2n) is 8.27. The molecule has 6 heteroatoms. The van der Waals surface area contributed by atoms with E-state index in [0.717, 1.165) is 45.0 Å². The molecule has 2 fully saturated rings. The molecule has 0 unspecified atom stereocenters. The lowest BCUT2D eigenvalue weighted by Gasteiger charge is -2.42. The third kappa shape index (κ3) is 5.09. The van der Waals surface area contributed by atoms with Gasteiger partial charge >= 0.3 is 0 Å². The number of benzene rings is 2. The van der Waals surface area contributed by atoms with E-state index in [4.69, 9.17) is 9.47 Å². The van der Waals surface area contributed by atoms with Crippen molar-refractivity contribution in [3.05, 3.63) is 65.7 Å². The van der Waals surface area contributed by atoms with E-state index in [2.05, 4.69) is 52.3 Å². The Labute approximate surface area is 185 Å². The summed E-state index contributed by atoms with van der Waals surface area (Å²) < 4.78 is 10.8. The van der Waals surface area contributed by atoms with E-state index in [0.29, 0.717) is 13.2 Å².